The number of hydrogen-bond acceptors (Lipinski definition) is 6. The molecule has 13 aromatic rings. The minimum Gasteiger partial charge on any atom is -0.309 e. The highest BCUT2D eigenvalue weighted by Crippen LogP contribution is 2.43. The smallest absolute Gasteiger partial charge is 0.157 e. The zero-order chi connectivity index (χ0) is 42.8. The van der Waals surface area contributed by atoms with Gasteiger partial charge in [-0.2, -0.15) is 0 Å². The lowest BCUT2D eigenvalue weighted by Gasteiger charge is -2.25. The molecule has 5 aromatic heterocycles. The molecule has 65 heavy (non-hydrogen) atoms. The number of aromatic nitrogens is 5. The van der Waals surface area contributed by atoms with Crippen LogP contribution in [0.25, 0.3) is 75.6 Å². The first-order valence-corrected chi connectivity index (χ1v) is 22.5. The van der Waals surface area contributed by atoms with Gasteiger partial charge in [-0.25, -0.2) is 9.97 Å². The molecular formula is C57H37N7S. The molecule has 0 spiro atoms. The molecule has 8 aromatic carbocycles. The van der Waals surface area contributed by atoms with Gasteiger partial charge in [0.2, 0.25) is 0 Å². The van der Waals surface area contributed by atoms with Gasteiger partial charge in [0.05, 0.1) is 44.8 Å². The summed E-state index contributed by atoms with van der Waals surface area (Å²) in [5, 5.41) is 4.75. The summed E-state index contributed by atoms with van der Waals surface area (Å²) in [6, 6.07) is 75.1. The molecule has 5 heterocycles. The summed E-state index contributed by atoms with van der Waals surface area (Å²) in [6.45, 7) is 0. The summed E-state index contributed by atoms with van der Waals surface area (Å²) >= 11 is 1.62. The molecule has 8 heteroatoms. The summed E-state index contributed by atoms with van der Waals surface area (Å²) in [4.78, 5) is 20.9. The van der Waals surface area contributed by atoms with Crippen molar-refractivity contribution in [3.8, 4) is 11.4 Å². The number of fused-ring (bicyclic) bond motifs is 9. The minimum atomic E-state index is 0.732. The fourth-order valence-corrected chi connectivity index (χ4v) is 10.6. The first kappa shape index (κ1) is 37.0. The number of benzene rings is 8. The molecular weight excluding hydrogens is 815 g/mol. The second kappa shape index (κ2) is 15.0. The summed E-state index contributed by atoms with van der Waals surface area (Å²) < 4.78 is 5.70. The molecule has 0 radical (unpaired) electrons. The van der Waals surface area contributed by atoms with Gasteiger partial charge in [-0.05, 0) is 103 Å². The van der Waals surface area contributed by atoms with E-state index in [0.29, 0.717) is 0 Å². The van der Waals surface area contributed by atoms with Crippen LogP contribution in [-0.2, 0) is 0 Å². The fourth-order valence-electron chi connectivity index (χ4n) is 9.55. The van der Waals surface area contributed by atoms with Crippen LogP contribution in [0.2, 0.25) is 0 Å². The largest absolute Gasteiger partial charge is 0.309 e. The predicted octanol–water partition coefficient (Wildman–Crippen LogP) is 15.4. The van der Waals surface area contributed by atoms with E-state index in [4.69, 9.17) is 15.0 Å². The third kappa shape index (κ3) is 6.07. The van der Waals surface area contributed by atoms with Crippen molar-refractivity contribution in [3.05, 3.63) is 225 Å². The standard InChI is InChI=1S/C57H37N7S/c1-5-17-38(18-6-1)61(42-29-31-51-47(33-42)45-25-13-15-27-49(45)63(51)40-21-9-3-10-22-40)44-35-53-55(58-36-44)56-57(65-53)60-54(37-59-56)62(39-19-7-2-8-20-39)43-30-32-52-48(34-43)46-26-14-16-28-50(46)64(52)41-23-11-4-12-24-41/h1-37H. The number of anilines is 6. The number of thiophene rings is 1. The average Bonchev–Trinajstić information content (AvgIpc) is 4.02. The molecule has 0 saturated heterocycles. The fraction of sp³-hybridized carbons (Fsp3) is 0. The van der Waals surface area contributed by atoms with Gasteiger partial charge >= 0.3 is 0 Å². The Labute approximate surface area is 378 Å². The quantitative estimate of drug-likeness (QED) is 0.152. The van der Waals surface area contributed by atoms with Crippen molar-refractivity contribution in [3.63, 3.8) is 0 Å². The maximum atomic E-state index is 5.36. The molecule has 13 rings (SSSR count). The molecule has 0 aliphatic heterocycles. The molecule has 306 valence electrons. The highest BCUT2D eigenvalue weighted by molar-refractivity contribution is 7.25. The second-order valence-corrected chi connectivity index (χ2v) is 17.2. The van der Waals surface area contributed by atoms with Crippen LogP contribution in [0.15, 0.2) is 225 Å². The van der Waals surface area contributed by atoms with Gasteiger partial charge < -0.3 is 14.0 Å². The molecule has 0 unspecified atom stereocenters. The lowest BCUT2D eigenvalue weighted by molar-refractivity contribution is 1.17. The zero-order valence-corrected chi connectivity index (χ0v) is 35.7. The zero-order valence-electron chi connectivity index (χ0n) is 34.9. The molecule has 0 amide bonds. The Morgan fingerprint density at radius 2 is 0.815 bits per heavy atom. The van der Waals surface area contributed by atoms with Crippen LogP contribution >= 0.6 is 11.3 Å². The van der Waals surface area contributed by atoms with Crippen molar-refractivity contribution in [2.24, 2.45) is 0 Å². The summed E-state index contributed by atoms with van der Waals surface area (Å²) in [5.41, 5.74) is 13.6. The Kier molecular flexibility index (Phi) is 8.57. The number of hydrogen-bond donors (Lipinski definition) is 0. The first-order valence-electron chi connectivity index (χ1n) is 21.7. The lowest BCUT2D eigenvalue weighted by atomic mass is 10.1. The normalized spacial score (nSPS) is 11.7. The van der Waals surface area contributed by atoms with E-state index in [1.165, 1.54) is 27.1 Å². The predicted molar refractivity (Wildman–Crippen MR) is 271 cm³/mol. The van der Waals surface area contributed by atoms with Gasteiger partial charge in [0.15, 0.2) is 5.82 Å². The monoisotopic (exact) mass is 851 g/mol. The van der Waals surface area contributed by atoms with Crippen molar-refractivity contribution in [2.45, 2.75) is 0 Å². The average molecular weight is 852 g/mol. The van der Waals surface area contributed by atoms with Gasteiger partial charge in [-0.1, -0.05) is 109 Å². The number of para-hydroxylation sites is 6. The maximum Gasteiger partial charge on any atom is 0.157 e. The number of rotatable bonds is 8. The van der Waals surface area contributed by atoms with Gasteiger partial charge in [-0.15, -0.1) is 11.3 Å². The Bertz CT molecular complexity index is 3640. The minimum absolute atomic E-state index is 0.732. The van der Waals surface area contributed by atoms with E-state index >= 15 is 0 Å². The summed E-state index contributed by atoms with van der Waals surface area (Å²) in [7, 11) is 0. The van der Waals surface area contributed by atoms with Crippen LogP contribution < -0.4 is 9.80 Å². The molecule has 7 nitrogen and oxygen atoms in total. The van der Waals surface area contributed by atoms with Gasteiger partial charge in [0.1, 0.15) is 15.9 Å². The number of pyridine rings is 1. The Morgan fingerprint density at radius 3 is 1.38 bits per heavy atom. The van der Waals surface area contributed by atoms with Crippen LogP contribution in [0.1, 0.15) is 0 Å². The van der Waals surface area contributed by atoms with E-state index in [1.807, 2.05) is 18.5 Å². The first-order chi connectivity index (χ1) is 32.2. The van der Waals surface area contributed by atoms with E-state index in [9.17, 15) is 0 Å². The molecule has 0 atom stereocenters. The van der Waals surface area contributed by atoms with E-state index < -0.39 is 0 Å². The summed E-state index contributed by atoms with van der Waals surface area (Å²) in [5.74, 6) is 0.732. The van der Waals surface area contributed by atoms with Crippen molar-refractivity contribution in [1.29, 1.82) is 0 Å². The SMILES string of the molecule is c1ccc(N(c2cnc3c(c2)sc2nc(N(c4ccccc4)c4ccc5c(c4)c4ccccc4n5-c4ccccc4)cnc23)c2ccc3c(c2)c2ccccc2n3-c2ccccc2)cc1. The molecule has 0 aliphatic carbocycles. The van der Waals surface area contributed by atoms with Crippen LogP contribution in [0.3, 0.4) is 0 Å². The molecule has 0 bridgehead atoms. The van der Waals surface area contributed by atoms with Crippen LogP contribution in [0.4, 0.5) is 34.3 Å². The molecule has 0 aliphatic rings. The van der Waals surface area contributed by atoms with E-state index in [1.54, 1.807) is 11.3 Å². The van der Waals surface area contributed by atoms with Crippen LogP contribution in [-0.4, -0.2) is 24.1 Å². The van der Waals surface area contributed by atoms with E-state index in [2.05, 4.69) is 225 Å². The Hall–Kier alpha value is -8.59. The third-order valence-electron chi connectivity index (χ3n) is 12.4. The lowest BCUT2D eigenvalue weighted by Crippen LogP contribution is -2.11. The molecule has 0 fully saturated rings. The molecule has 0 N–H and O–H groups in total. The van der Waals surface area contributed by atoms with Crippen LogP contribution in [0.5, 0.6) is 0 Å². The van der Waals surface area contributed by atoms with Crippen molar-refractivity contribution in [1.82, 2.24) is 24.1 Å². The third-order valence-corrected chi connectivity index (χ3v) is 13.4. The summed E-state index contributed by atoms with van der Waals surface area (Å²) in [6.07, 6.45) is 3.85. The highest BCUT2D eigenvalue weighted by Gasteiger charge is 2.22. The van der Waals surface area contributed by atoms with Gasteiger partial charge in [0.25, 0.3) is 0 Å². The Balaban J connectivity index is 0.936. The topological polar surface area (TPSA) is 55.0 Å². The molecule has 0 saturated carbocycles. The highest BCUT2D eigenvalue weighted by atomic mass is 32.1. The maximum absolute atomic E-state index is 5.36. The van der Waals surface area contributed by atoms with Crippen molar-refractivity contribution in [2.75, 3.05) is 9.80 Å². The van der Waals surface area contributed by atoms with Crippen molar-refractivity contribution < 1.29 is 0 Å². The van der Waals surface area contributed by atoms with E-state index in [0.717, 1.165) is 82.7 Å². The Morgan fingerprint density at radius 1 is 0.354 bits per heavy atom. The van der Waals surface area contributed by atoms with Crippen molar-refractivity contribution >= 4 is 110 Å². The second-order valence-electron chi connectivity index (χ2n) is 16.1. The van der Waals surface area contributed by atoms with Gasteiger partial charge in [0, 0.05) is 55.7 Å². The van der Waals surface area contributed by atoms with Gasteiger partial charge in [-0.3, -0.25) is 9.88 Å². The number of nitrogens with zero attached hydrogens (tertiary/aromatic N) is 7. The van der Waals surface area contributed by atoms with E-state index in [-0.39, 0.29) is 0 Å². The van der Waals surface area contributed by atoms with Crippen LogP contribution in [0, 0.1) is 0 Å².